The molecule has 0 spiro atoms. The van der Waals surface area contributed by atoms with E-state index in [1.54, 1.807) is 0 Å². The van der Waals surface area contributed by atoms with Crippen molar-refractivity contribution in [3.8, 4) is 0 Å². The maximum absolute atomic E-state index is 11.5. The molecule has 0 aromatic carbocycles. The summed E-state index contributed by atoms with van der Waals surface area (Å²) in [5.74, 6) is 0.452. The normalized spacial score (nSPS) is 18.8. The number of rotatable bonds is 8. The monoisotopic (exact) mass is 288 g/mol. The van der Waals surface area contributed by atoms with E-state index >= 15 is 0 Å². The Balaban J connectivity index is 1.91. The van der Waals surface area contributed by atoms with Gasteiger partial charge in [0.15, 0.2) is 0 Å². The van der Waals surface area contributed by atoms with E-state index in [4.69, 9.17) is 5.11 Å². The number of carboxylic acids is 1. The van der Waals surface area contributed by atoms with Crippen LogP contribution in [0.1, 0.15) is 44.9 Å². The van der Waals surface area contributed by atoms with Crippen LogP contribution >= 0.6 is 11.8 Å². The molecule has 1 saturated heterocycles. The Kier molecular flexibility index (Phi) is 8.45. The Labute approximate surface area is 118 Å². The van der Waals surface area contributed by atoms with Gasteiger partial charge in [0, 0.05) is 24.8 Å². The molecule has 19 heavy (non-hydrogen) atoms. The number of nitrogens with one attached hydrogen (secondary N) is 2. The first-order valence-electron chi connectivity index (χ1n) is 7.03. The van der Waals surface area contributed by atoms with Crippen molar-refractivity contribution in [1.82, 2.24) is 10.6 Å². The Morgan fingerprint density at radius 3 is 2.68 bits per heavy atom. The van der Waals surface area contributed by atoms with Gasteiger partial charge in [-0.15, -0.1) is 0 Å². The summed E-state index contributed by atoms with van der Waals surface area (Å²) in [5.41, 5.74) is 0. The molecule has 1 atom stereocenters. The second kappa shape index (κ2) is 9.95. The second-order valence-electron chi connectivity index (χ2n) is 4.83. The molecule has 0 radical (unpaired) electrons. The molecule has 1 unspecified atom stereocenters. The van der Waals surface area contributed by atoms with Gasteiger partial charge in [-0.2, -0.15) is 11.8 Å². The fourth-order valence-corrected chi connectivity index (χ4v) is 3.26. The lowest BCUT2D eigenvalue weighted by molar-refractivity contribution is -0.137. The van der Waals surface area contributed by atoms with Crippen LogP contribution in [0.15, 0.2) is 0 Å². The van der Waals surface area contributed by atoms with Crippen LogP contribution in [0, 0.1) is 0 Å². The number of hydrogen-bond acceptors (Lipinski definition) is 3. The zero-order valence-corrected chi connectivity index (χ0v) is 12.1. The predicted molar refractivity (Wildman–Crippen MR) is 77.6 cm³/mol. The molecule has 1 rings (SSSR count). The van der Waals surface area contributed by atoms with Crippen LogP contribution in [0.3, 0.4) is 0 Å². The molecule has 6 heteroatoms. The van der Waals surface area contributed by atoms with E-state index < -0.39 is 5.97 Å². The molecular weight excluding hydrogens is 264 g/mol. The number of urea groups is 1. The summed E-state index contributed by atoms with van der Waals surface area (Å²) in [6.07, 6.45) is 6.32. The van der Waals surface area contributed by atoms with Crippen LogP contribution in [0.2, 0.25) is 0 Å². The first kappa shape index (κ1) is 16.1. The van der Waals surface area contributed by atoms with Gasteiger partial charge in [0.25, 0.3) is 0 Å². The van der Waals surface area contributed by atoms with Crippen molar-refractivity contribution in [1.29, 1.82) is 0 Å². The number of aliphatic carboxylic acids is 1. The van der Waals surface area contributed by atoms with Gasteiger partial charge < -0.3 is 15.7 Å². The van der Waals surface area contributed by atoms with Crippen molar-refractivity contribution in [3.05, 3.63) is 0 Å². The second-order valence-corrected chi connectivity index (χ2v) is 6.24. The zero-order chi connectivity index (χ0) is 13.9. The molecule has 0 aromatic heterocycles. The van der Waals surface area contributed by atoms with E-state index in [0.29, 0.717) is 18.2 Å². The van der Waals surface area contributed by atoms with Gasteiger partial charge in [-0.25, -0.2) is 4.79 Å². The van der Waals surface area contributed by atoms with E-state index in [-0.39, 0.29) is 12.5 Å². The average Bonchev–Trinajstić information content (AvgIpc) is 2.41. The molecule has 0 saturated carbocycles. The van der Waals surface area contributed by atoms with Crippen LogP contribution in [-0.2, 0) is 4.79 Å². The molecule has 110 valence electrons. The number of hydrogen-bond donors (Lipinski definition) is 3. The lowest BCUT2D eigenvalue weighted by Crippen LogP contribution is -2.39. The largest absolute Gasteiger partial charge is 0.481 e. The fraction of sp³-hybridized carbons (Fsp3) is 0.846. The molecule has 1 aliphatic heterocycles. The van der Waals surface area contributed by atoms with Crippen LogP contribution in [0.5, 0.6) is 0 Å². The molecule has 1 heterocycles. The molecule has 0 bridgehead atoms. The van der Waals surface area contributed by atoms with Gasteiger partial charge in [0.2, 0.25) is 0 Å². The number of thioether (sulfide) groups is 1. The maximum Gasteiger partial charge on any atom is 0.314 e. The SMILES string of the molecule is O=C(O)CCCCCNC(=O)NCC1CCCCS1. The Morgan fingerprint density at radius 1 is 1.16 bits per heavy atom. The highest BCUT2D eigenvalue weighted by molar-refractivity contribution is 7.99. The molecule has 3 N–H and O–H groups in total. The summed E-state index contributed by atoms with van der Waals surface area (Å²) in [6, 6.07) is -0.107. The molecule has 0 aromatic rings. The molecular formula is C13H24N2O3S. The molecule has 1 fully saturated rings. The number of carbonyl (C=O) groups is 2. The van der Waals surface area contributed by atoms with Crippen molar-refractivity contribution in [2.24, 2.45) is 0 Å². The summed E-state index contributed by atoms with van der Waals surface area (Å²) in [7, 11) is 0. The summed E-state index contributed by atoms with van der Waals surface area (Å²) in [4.78, 5) is 21.8. The first-order valence-corrected chi connectivity index (χ1v) is 8.08. The molecule has 5 nitrogen and oxygen atoms in total. The van der Waals surface area contributed by atoms with Crippen LogP contribution in [0.25, 0.3) is 0 Å². The number of unbranched alkanes of at least 4 members (excludes halogenated alkanes) is 2. The van der Waals surface area contributed by atoms with Crippen molar-refractivity contribution >= 4 is 23.8 Å². The summed E-state index contributed by atoms with van der Waals surface area (Å²) >= 11 is 1.94. The molecule has 1 aliphatic rings. The Morgan fingerprint density at radius 2 is 2.00 bits per heavy atom. The van der Waals surface area contributed by atoms with Gasteiger partial charge >= 0.3 is 12.0 Å². The lowest BCUT2D eigenvalue weighted by atomic mass is 10.2. The molecule has 0 aliphatic carbocycles. The van der Waals surface area contributed by atoms with E-state index in [0.717, 1.165) is 19.4 Å². The highest BCUT2D eigenvalue weighted by Crippen LogP contribution is 2.24. The van der Waals surface area contributed by atoms with Crippen LogP contribution < -0.4 is 10.6 Å². The third-order valence-corrected chi connectivity index (χ3v) is 4.52. The zero-order valence-electron chi connectivity index (χ0n) is 11.3. The minimum Gasteiger partial charge on any atom is -0.481 e. The number of amides is 2. The van der Waals surface area contributed by atoms with E-state index in [1.807, 2.05) is 11.8 Å². The fourth-order valence-electron chi connectivity index (χ4n) is 2.02. The summed E-state index contributed by atoms with van der Waals surface area (Å²) < 4.78 is 0. The smallest absolute Gasteiger partial charge is 0.314 e. The average molecular weight is 288 g/mol. The quantitative estimate of drug-likeness (QED) is 0.598. The Bertz CT molecular complexity index is 281. The highest BCUT2D eigenvalue weighted by atomic mass is 32.2. The van der Waals surface area contributed by atoms with Crippen LogP contribution in [0.4, 0.5) is 4.79 Å². The van der Waals surface area contributed by atoms with E-state index in [2.05, 4.69) is 10.6 Å². The van der Waals surface area contributed by atoms with Crippen molar-refractivity contribution in [2.75, 3.05) is 18.8 Å². The lowest BCUT2D eigenvalue weighted by Gasteiger charge is -2.21. The van der Waals surface area contributed by atoms with Crippen molar-refractivity contribution in [2.45, 2.75) is 50.2 Å². The van der Waals surface area contributed by atoms with E-state index in [1.165, 1.54) is 25.0 Å². The predicted octanol–water partition coefficient (Wildman–Crippen LogP) is 2.22. The summed E-state index contributed by atoms with van der Waals surface area (Å²) in [6.45, 7) is 1.36. The van der Waals surface area contributed by atoms with Crippen molar-refractivity contribution in [3.63, 3.8) is 0 Å². The van der Waals surface area contributed by atoms with Crippen LogP contribution in [-0.4, -0.2) is 41.2 Å². The topological polar surface area (TPSA) is 78.4 Å². The third-order valence-electron chi connectivity index (χ3n) is 3.12. The van der Waals surface area contributed by atoms with Crippen molar-refractivity contribution < 1.29 is 14.7 Å². The molecule has 2 amide bonds. The minimum absolute atomic E-state index is 0.107. The van der Waals surface area contributed by atoms with Gasteiger partial charge in [-0.05, 0) is 31.4 Å². The standard InChI is InChI=1S/C13H24N2O3S/c16-12(17)7-2-1-4-8-14-13(18)15-10-11-6-3-5-9-19-11/h11H,1-10H2,(H,16,17)(H2,14,15,18). The highest BCUT2D eigenvalue weighted by Gasteiger charge is 2.14. The summed E-state index contributed by atoms with van der Waals surface area (Å²) in [5, 5.41) is 14.7. The minimum atomic E-state index is -0.754. The third kappa shape index (κ3) is 8.75. The van der Waals surface area contributed by atoms with Gasteiger partial charge in [0.05, 0.1) is 0 Å². The van der Waals surface area contributed by atoms with Gasteiger partial charge in [0.1, 0.15) is 0 Å². The van der Waals surface area contributed by atoms with Gasteiger partial charge in [-0.1, -0.05) is 12.8 Å². The number of carbonyl (C=O) groups excluding carboxylic acids is 1. The maximum atomic E-state index is 11.5. The first-order chi connectivity index (χ1) is 9.18. The van der Waals surface area contributed by atoms with E-state index in [9.17, 15) is 9.59 Å². The van der Waals surface area contributed by atoms with Gasteiger partial charge in [-0.3, -0.25) is 4.79 Å². The Hall–Kier alpha value is -0.910. The number of carboxylic acid groups (broad SMARTS) is 1.